The zero-order chi connectivity index (χ0) is 16.6. The van der Waals surface area contributed by atoms with Crippen LogP contribution in [0, 0.1) is 0 Å². The van der Waals surface area contributed by atoms with E-state index in [1.54, 1.807) is 0 Å². The highest BCUT2D eigenvalue weighted by Gasteiger charge is 2.64. The van der Waals surface area contributed by atoms with Crippen LogP contribution in [0.2, 0.25) is 5.21 Å². The van der Waals surface area contributed by atoms with Gasteiger partial charge in [-0.1, -0.05) is 22.5 Å². The molecule has 2 nitrogen and oxygen atoms in total. The summed E-state index contributed by atoms with van der Waals surface area (Å²) >= 11 is 6.50. The third kappa shape index (κ3) is 1.57. The summed E-state index contributed by atoms with van der Waals surface area (Å²) in [6, 6.07) is 0. The van der Waals surface area contributed by atoms with Crippen LogP contribution in [-0.2, 0) is 10.3 Å². The fourth-order valence-electron chi connectivity index (χ4n) is 3.42. The number of benzene rings is 1. The van der Waals surface area contributed by atoms with Crippen LogP contribution in [0.25, 0.3) is 0 Å². The van der Waals surface area contributed by atoms with Crippen molar-refractivity contribution in [3.05, 3.63) is 17.1 Å². The molecular weight excluding hydrogens is 285 g/mol. The van der Waals surface area contributed by atoms with E-state index < -0.39 is 22.7 Å². The minimum atomic E-state index is -1.70. The van der Waals surface area contributed by atoms with E-state index in [9.17, 15) is 4.79 Å². The van der Waals surface area contributed by atoms with Crippen molar-refractivity contribution in [2.75, 3.05) is 0 Å². The van der Waals surface area contributed by atoms with Crippen LogP contribution in [0.5, 0.6) is 0 Å². The van der Waals surface area contributed by atoms with Crippen molar-refractivity contribution in [3.8, 4) is 0 Å². The van der Waals surface area contributed by atoms with Gasteiger partial charge >= 0.3 is 0 Å². The second-order valence-electron chi connectivity index (χ2n) is 5.85. The number of Topliss-reactive ketones (excluding diaryl/α,β-unsaturated/α-hetero) is 1. The van der Waals surface area contributed by atoms with Gasteiger partial charge in [0.2, 0.25) is 0 Å². The zero-order valence-corrected chi connectivity index (χ0v) is 12.4. The van der Waals surface area contributed by atoms with E-state index in [1.165, 1.54) is 6.08 Å². The molecule has 0 amide bonds. The number of fused-ring (bicyclic) bond motifs is 3. The Bertz CT molecular complexity index is 767. The van der Waals surface area contributed by atoms with Crippen molar-refractivity contribution in [2.24, 2.45) is 5.73 Å². The molecule has 12 radical (unpaired) electrons. The molecule has 0 saturated carbocycles. The van der Waals surface area contributed by atoms with Crippen molar-refractivity contribution in [2.45, 2.75) is 17.2 Å². The molecule has 1 heterocycles. The molecule has 2 unspecified atom stereocenters. The van der Waals surface area contributed by atoms with Crippen LogP contribution in [-0.4, -0.2) is 59.0 Å². The Balaban J connectivity index is 2.47. The van der Waals surface area contributed by atoms with Crippen LogP contribution in [0.3, 0.4) is 0 Å². The molecule has 3 rings (SSSR count). The molecular formula is C12H5B7ClNO. The topological polar surface area (TPSA) is 43.1 Å². The second-order valence-corrected chi connectivity index (χ2v) is 6.28. The first kappa shape index (κ1) is 16.2. The molecule has 1 aliphatic heterocycles. The number of ketones is 1. The first-order valence-electron chi connectivity index (χ1n) is 6.57. The Morgan fingerprint density at radius 2 is 1.64 bits per heavy atom. The molecule has 0 fully saturated rings. The van der Waals surface area contributed by atoms with E-state index in [2.05, 4.69) is 0 Å². The Labute approximate surface area is 142 Å². The summed E-state index contributed by atoms with van der Waals surface area (Å²) in [5.74, 6) is -0.555. The summed E-state index contributed by atoms with van der Waals surface area (Å²) in [5, 5.41) is -1.32. The van der Waals surface area contributed by atoms with Gasteiger partial charge < -0.3 is 5.73 Å². The molecule has 0 saturated heterocycles. The highest BCUT2D eigenvalue weighted by atomic mass is 35.5. The van der Waals surface area contributed by atoms with Gasteiger partial charge in [0.25, 0.3) is 6.13 Å². The number of carbonyl (C=O) groups is 1. The molecule has 2 atom stereocenters. The van der Waals surface area contributed by atoms with Crippen molar-refractivity contribution in [1.82, 2.24) is 0 Å². The fraction of sp³-hybridized carbons (Fsp3) is 0.250. The molecule has 2 aliphatic rings. The predicted molar refractivity (Wildman–Crippen MR) is 97.0 cm³/mol. The highest BCUT2D eigenvalue weighted by Crippen LogP contribution is 2.54. The third-order valence-electron chi connectivity index (χ3n) is 4.81. The molecule has 0 aromatic heterocycles. The second kappa shape index (κ2) is 4.67. The number of hydrogen-bond donors (Lipinski definition) is 1. The average molecular weight is 290 g/mol. The summed E-state index contributed by atoms with van der Waals surface area (Å²) in [6.07, 6.45) is 0.849. The van der Waals surface area contributed by atoms with E-state index in [1.807, 2.05) is 0 Å². The predicted octanol–water partition coefficient (Wildman–Crippen LogP) is -4.64. The summed E-state index contributed by atoms with van der Waals surface area (Å²) in [5.41, 5.74) is 5.64. The molecule has 10 heteroatoms. The first-order valence-corrected chi connectivity index (χ1v) is 7.01. The van der Waals surface area contributed by atoms with Gasteiger partial charge in [0.1, 0.15) is 39.2 Å². The lowest BCUT2D eigenvalue weighted by Gasteiger charge is -2.45. The number of carbonyl (C=O) groups excluding carboxylic acids is 1. The maximum absolute atomic E-state index is 12.7. The summed E-state index contributed by atoms with van der Waals surface area (Å²) in [4.78, 5) is 12.7. The molecule has 1 aromatic rings. The van der Waals surface area contributed by atoms with E-state index in [0.717, 1.165) is 0 Å². The molecule has 0 spiro atoms. The van der Waals surface area contributed by atoms with Gasteiger partial charge in [0.15, 0.2) is 5.78 Å². The van der Waals surface area contributed by atoms with Crippen LogP contribution < -0.4 is 33.0 Å². The highest BCUT2D eigenvalue weighted by molar-refractivity contribution is 7.20. The van der Waals surface area contributed by atoms with Crippen molar-refractivity contribution in [3.63, 3.8) is 0 Å². The summed E-state index contributed by atoms with van der Waals surface area (Å²) < 4.78 is 0. The molecule has 1 aromatic carbocycles. The van der Waals surface area contributed by atoms with E-state index in [4.69, 9.17) is 64.3 Å². The monoisotopic (exact) mass is 291 g/mol. The van der Waals surface area contributed by atoms with Crippen molar-refractivity contribution >= 4 is 97.8 Å². The lowest BCUT2D eigenvalue weighted by molar-refractivity contribution is -0.121. The molecule has 1 aliphatic carbocycles. The maximum Gasteiger partial charge on any atom is 0.283 e. The molecule has 92 valence electrons. The number of allylic oxidation sites excluding steroid dienone is 1. The van der Waals surface area contributed by atoms with Gasteiger partial charge in [-0.05, 0) is 17.2 Å². The minimum absolute atomic E-state index is 0.00802. The standard InChI is InChI=1S/C12H5B7ClNO/c13-3-1-2-11(18)12(21,10(3)22)4-5(14)6(15)7(16)8(17)9(4)19(11)20/h1H,2,21H2. The largest absolute Gasteiger partial charge is 0.316 e. The van der Waals surface area contributed by atoms with Gasteiger partial charge in [-0.15, -0.1) is 16.4 Å². The quantitative estimate of drug-likeness (QED) is 0.489. The SMILES string of the molecule is [B]C1=CCC2([B])B(Cl)c3c([B])c([B])c([B])c([B])c3C2(N)C1=O. The Morgan fingerprint density at radius 3 is 2.23 bits per heavy atom. The van der Waals surface area contributed by atoms with Gasteiger partial charge in [0.05, 0.1) is 13.4 Å². The van der Waals surface area contributed by atoms with Crippen LogP contribution in [0.4, 0.5) is 0 Å². The van der Waals surface area contributed by atoms with Crippen LogP contribution in [0.1, 0.15) is 12.0 Å². The van der Waals surface area contributed by atoms with Gasteiger partial charge in [-0.2, -0.15) is 11.5 Å². The lowest BCUT2D eigenvalue weighted by Crippen LogP contribution is -2.61. The van der Waals surface area contributed by atoms with Crippen molar-refractivity contribution < 1.29 is 4.79 Å². The molecule has 0 bridgehead atoms. The number of halogens is 1. The number of hydrogen-bond acceptors (Lipinski definition) is 2. The van der Waals surface area contributed by atoms with E-state index in [-0.39, 0.29) is 39.3 Å². The number of rotatable bonds is 0. The Hall–Kier alpha value is -0.665. The smallest absolute Gasteiger partial charge is 0.283 e. The molecule has 2 N–H and O–H groups in total. The zero-order valence-electron chi connectivity index (χ0n) is 11.7. The van der Waals surface area contributed by atoms with Crippen LogP contribution in [0.15, 0.2) is 11.5 Å². The van der Waals surface area contributed by atoms with Crippen molar-refractivity contribution in [1.29, 1.82) is 0 Å². The Morgan fingerprint density at radius 1 is 1.09 bits per heavy atom. The van der Waals surface area contributed by atoms with E-state index >= 15 is 0 Å². The normalized spacial score (nSPS) is 30.0. The lowest BCUT2D eigenvalue weighted by atomic mass is 9.33. The maximum atomic E-state index is 12.7. The fourth-order valence-corrected chi connectivity index (χ4v) is 3.90. The summed E-state index contributed by atoms with van der Waals surface area (Å²) in [7, 11) is 36.0. The third-order valence-corrected chi connectivity index (χ3v) is 5.42. The summed E-state index contributed by atoms with van der Waals surface area (Å²) in [6.45, 7) is 0. The van der Waals surface area contributed by atoms with Crippen LogP contribution >= 0.6 is 11.5 Å². The van der Waals surface area contributed by atoms with Gasteiger partial charge in [0, 0.05) is 0 Å². The number of nitrogens with two attached hydrogens (primary N) is 1. The minimum Gasteiger partial charge on any atom is -0.316 e. The van der Waals surface area contributed by atoms with E-state index in [0.29, 0.717) is 5.46 Å². The molecule has 22 heavy (non-hydrogen) atoms. The van der Waals surface area contributed by atoms with Gasteiger partial charge in [-0.25, -0.2) is 0 Å². The Kier molecular flexibility index (Phi) is 3.44. The average Bonchev–Trinajstić information content (AvgIpc) is 2.67. The van der Waals surface area contributed by atoms with Gasteiger partial charge in [-0.3, -0.25) is 4.79 Å². The first-order chi connectivity index (χ1) is 10.1.